The van der Waals surface area contributed by atoms with Crippen molar-refractivity contribution in [3.63, 3.8) is 0 Å². The quantitative estimate of drug-likeness (QED) is 0.676. The van der Waals surface area contributed by atoms with Crippen LogP contribution in [-0.4, -0.2) is 21.9 Å². The Morgan fingerprint density at radius 2 is 2.33 bits per heavy atom. The Labute approximate surface area is 123 Å². The van der Waals surface area contributed by atoms with E-state index in [0.717, 1.165) is 22.3 Å². The molecule has 2 aromatic rings. The Morgan fingerprint density at radius 1 is 1.57 bits per heavy atom. The van der Waals surface area contributed by atoms with E-state index < -0.39 is 0 Å². The first-order chi connectivity index (χ1) is 10.0. The van der Waals surface area contributed by atoms with Gasteiger partial charge < -0.3 is 9.72 Å². The van der Waals surface area contributed by atoms with E-state index in [1.54, 1.807) is 12.3 Å². The third-order valence-electron chi connectivity index (χ3n) is 3.01. The second-order valence-corrected chi connectivity index (χ2v) is 5.00. The molecule has 0 radical (unpaired) electrons. The van der Waals surface area contributed by atoms with Gasteiger partial charge in [0.1, 0.15) is 17.5 Å². The molecule has 1 N–H and O–H groups in total. The van der Waals surface area contributed by atoms with Crippen molar-refractivity contribution in [3.8, 4) is 11.8 Å². The lowest BCUT2D eigenvalue weighted by Crippen LogP contribution is -2.06. The van der Waals surface area contributed by atoms with E-state index in [4.69, 9.17) is 10.00 Å². The fraction of sp³-hybridized carbons (Fsp3) is 0.312. The summed E-state index contributed by atoms with van der Waals surface area (Å²) in [6.45, 7) is 5.31. The van der Waals surface area contributed by atoms with Crippen LogP contribution in [0.15, 0.2) is 30.1 Å². The summed E-state index contributed by atoms with van der Waals surface area (Å²) in [5, 5.41) is 9.82. The number of carbonyl (C=O) groups is 1. The van der Waals surface area contributed by atoms with E-state index in [1.165, 1.54) is 6.92 Å². The summed E-state index contributed by atoms with van der Waals surface area (Å²) in [5.74, 6) is 0.523. The second kappa shape index (κ2) is 6.23. The van der Waals surface area contributed by atoms with Crippen molar-refractivity contribution >= 4 is 16.8 Å². The Morgan fingerprint density at radius 3 is 2.95 bits per heavy atom. The van der Waals surface area contributed by atoms with Gasteiger partial charge in [-0.1, -0.05) is 6.08 Å². The molecule has 0 aliphatic heterocycles. The van der Waals surface area contributed by atoms with Gasteiger partial charge in [-0.25, -0.2) is 4.98 Å². The van der Waals surface area contributed by atoms with Crippen LogP contribution in [0.25, 0.3) is 11.0 Å². The lowest BCUT2D eigenvalue weighted by molar-refractivity contribution is -0.113. The van der Waals surface area contributed by atoms with Gasteiger partial charge in [-0.05, 0) is 38.8 Å². The molecule has 0 unspecified atom stereocenters. The van der Waals surface area contributed by atoms with E-state index >= 15 is 0 Å². The first kappa shape index (κ1) is 14.8. The van der Waals surface area contributed by atoms with E-state index in [0.29, 0.717) is 6.42 Å². The minimum Gasteiger partial charge on any atom is -0.490 e. The van der Waals surface area contributed by atoms with E-state index in [9.17, 15) is 4.79 Å². The molecule has 0 aliphatic carbocycles. The maximum atomic E-state index is 11.3. The monoisotopic (exact) mass is 283 g/mol. The van der Waals surface area contributed by atoms with Gasteiger partial charge in [-0.3, -0.25) is 4.79 Å². The molecular formula is C16H17N3O2. The molecule has 0 spiro atoms. The van der Waals surface area contributed by atoms with E-state index in [1.807, 2.05) is 32.2 Å². The molecule has 0 amide bonds. The summed E-state index contributed by atoms with van der Waals surface area (Å²) in [6.07, 6.45) is 5.68. The highest BCUT2D eigenvalue weighted by Crippen LogP contribution is 2.28. The first-order valence-electron chi connectivity index (χ1n) is 6.75. The van der Waals surface area contributed by atoms with Gasteiger partial charge in [0.05, 0.1) is 17.1 Å². The van der Waals surface area contributed by atoms with Crippen molar-refractivity contribution in [2.24, 2.45) is 0 Å². The number of carbonyl (C=O) groups excluding carboxylic acids is 1. The van der Waals surface area contributed by atoms with Crippen molar-refractivity contribution in [1.82, 2.24) is 9.97 Å². The van der Waals surface area contributed by atoms with Crippen LogP contribution in [0.2, 0.25) is 0 Å². The summed E-state index contributed by atoms with van der Waals surface area (Å²) < 4.78 is 5.79. The standard InChI is InChI=1S/C16H17N3O2/c1-10(2)21-14-6-7-18-16-15(14)13(9-19-16)5-4-12(8-17)11(3)20/h4,6-7,9-10H,5H2,1-3H3,(H,18,19)/b12-4+. The minimum atomic E-state index is -0.228. The Balaban J connectivity index is 2.41. The van der Waals surface area contributed by atoms with Gasteiger partial charge >= 0.3 is 0 Å². The number of nitrogens with one attached hydrogen (secondary N) is 1. The highest BCUT2D eigenvalue weighted by molar-refractivity contribution is 5.97. The summed E-state index contributed by atoms with van der Waals surface area (Å²) in [4.78, 5) is 18.6. The van der Waals surface area contributed by atoms with Gasteiger partial charge in [0.15, 0.2) is 5.78 Å². The van der Waals surface area contributed by atoms with Crippen LogP contribution in [0.5, 0.6) is 5.75 Å². The molecule has 108 valence electrons. The summed E-state index contributed by atoms with van der Waals surface area (Å²) in [7, 11) is 0. The smallest absolute Gasteiger partial charge is 0.169 e. The molecule has 5 nitrogen and oxygen atoms in total. The number of hydrogen-bond acceptors (Lipinski definition) is 4. The molecule has 0 aliphatic rings. The zero-order valence-corrected chi connectivity index (χ0v) is 12.3. The van der Waals surface area contributed by atoms with Gasteiger partial charge in [0.2, 0.25) is 0 Å². The number of aromatic amines is 1. The van der Waals surface area contributed by atoms with Crippen LogP contribution in [0.1, 0.15) is 26.3 Å². The lowest BCUT2D eigenvalue weighted by Gasteiger charge is -2.11. The number of nitrogens with zero attached hydrogens (tertiary/aromatic N) is 2. The molecule has 2 rings (SSSR count). The number of allylic oxidation sites excluding steroid dienone is 2. The number of hydrogen-bond donors (Lipinski definition) is 1. The maximum Gasteiger partial charge on any atom is 0.169 e. The van der Waals surface area contributed by atoms with Crippen LogP contribution in [0.4, 0.5) is 0 Å². The largest absolute Gasteiger partial charge is 0.490 e. The van der Waals surface area contributed by atoms with Gasteiger partial charge in [0.25, 0.3) is 0 Å². The van der Waals surface area contributed by atoms with Crippen LogP contribution < -0.4 is 4.74 Å². The van der Waals surface area contributed by atoms with Crippen molar-refractivity contribution in [2.45, 2.75) is 33.3 Å². The molecule has 21 heavy (non-hydrogen) atoms. The summed E-state index contributed by atoms with van der Waals surface area (Å²) in [6, 6.07) is 3.73. The van der Waals surface area contributed by atoms with Crippen LogP contribution >= 0.6 is 0 Å². The van der Waals surface area contributed by atoms with Crippen LogP contribution in [0, 0.1) is 11.3 Å². The zero-order valence-electron chi connectivity index (χ0n) is 12.3. The first-order valence-corrected chi connectivity index (χ1v) is 6.75. The molecule has 0 saturated carbocycles. The Kier molecular flexibility index (Phi) is 4.39. The molecular weight excluding hydrogens is 266 g/mol. The summed E-state index contributed by atoms with van der Waals surface area (Å²) >= 11 is 0. The second-order valence-electron chi connectivity index (χ2n) is 5.00. The molecule has 0 aromatic carbocycles. The van der Waals surface area contributed by atoms with E-state index in [2.05, 4.69) is 9.97 Å². The molecule has 5 heteroatoms. The van der Waals surface area contributed by atoms with Gasteiger partial charge in [0, 0.05) is 12.4 Å². The lowest BCUT2D eigenvalue weighted by atomic mass is 10.1. The number of rotatable bonds is 5. The predicted octanol–water partition coefficient (Wildman–Crippen LogP) is 2.93. The Bertz CT molecular complexity index is 736. The van der Waals surface area contributed by atoms with E-state index in [-0.39, 0.29) is 17.5 Å². The minimum absolute atomic E-state index is 0.0563. The number of nitriles is 1. The Hall–Kier alpha value is -2.61. The number of fused-ring (bicyclic) bond motifs is 1. The topological polar surface area (TPSA) is 78.8 Å². The highest BCUT2D eigenvalue weighted by Gasteiger charge is 2.12. The third kappa shape index (κ3) is 3.29. The van der Waals surface area contributed by atoms with Crippen molar-refractivity contribution in [3.05, 3.63) is 35.7 Å². The fourth-order valence-electron chi connectivity index (χ4n) is 2.08. The number of ether oxygens (including phenoxy) is 1. The average molecular weight is 283 g/mol. The average Bonchev–Trinajstić information content (AvgIpc) is 2.83. The molecule has 0 fully saturated rings. The van der Waals surface area contributed by atoms with Crippen molar-refractivity contribution < 1.29 is 9.53 Å². The SMILES string of the molecule is CC(=O)/C(C#N)=C/Cc1c[nH]c2nccc(OC(C)C)c12. The van der Waals surface area contributed by atoms with Crippen LogP contribution in [-0.2, 0) is 11.2 Å². The normalized spacial score (nSPS) is 11.7. The van der Waals surface area contributed by atoms with Crippen LogP contribution in [0.3, 0.4) is 0 Å². The maximum absolute atomic E-state index is 11.3. The predicted molar refractivity (Wildman–Crippen MR) is 79.9 cm³/mol. The van der Waals surface area contributed by atoms with Crippen molar-refractivity contribution in [1.29, 1.82) is 5.26 Å². The number of Topliss-reactive ketones (excluding diaryl/α,β-unsaturated/α-hetero) is 1. The molecule has 2 aromatic heterocycles. The van der Waals surface area contributed by atoms with Gasteiger partial charge in [-0.15, -0.1) is 0 Å². The third-order valence-corrected chi connectivity index (χ3v) is 3.01. The highest BCUT2D eigenvalue weighted by atomic mass is 16.5. The fourth-order valence-corrected chi connectivity index (χ4v) is 2.08. The summed E-state index contributed by atoms with van der Waals surface area (Å²) in [5.41, 5.74) is 1.85. The van der Waals surface area contributed by atoms with Gasteiger partial charge in [-0.2, -0.15) is 5.26 Å². The number of ketones is 1. The number of aromatic nitrogens is 2. The van der Waals surface area contributed by atoms with Crippen molar-refractivity contribution in [2.75, 3.05) is 0 Å². The molecule has 0 atom stereocenters. The zero-order chi connectivity index (χ0) is 15.4. The molecule has 0 saturated heterocycles. The number of H-pyrrole nitrogens is 1. The molecule has 2 heterocycles. The number of pyridine rings is 1. The molecule has 0 bridgehead atoms.